The van der Waals surface area contributed by atoms with Crippen LogP contribution < -0.4 is 10.2 Å². The average molecular weight is 286 g/mol. The molecule has 1 aliphatic rings. The quantitative estimate of drug-likeness (QED) is 0.941. The van der Waals surface area contributed by atoms with Crippen molar-refractivity contribution >= 4 is 23.4 Å². The van der Waals surface area contributed by atoms with E-state index in [-0.39, 0.29) is 11.9 Å². The molecule has 110 valence electrons. The molecule has 3 rings (SSSR count). The predicted molar refractivity (Wildman–Crippen MR) is 79.4 cm³/mol. The number of hydrogen-bond donors (Lipinski definition) is 1. The predicted octanol–water partition coefficient (Wildman–Crippen LogP) is 2.29. The summed E-state index contributed by atoms with van der Waals surface area (Å²) in [5.41, 5.74) is 2.05. The number of fused-ring (bicyclic) bond motifs is 1. The van der Waals surface area contributed by atoms with Crippen LogP contribution in [0, 0.1) is 0 Å². The number of amides is 3. The largest absolute Gasteiger partial charge is 0.329 e. The SMILES string of the molecule is CCC(C)c1ccn2c(N3CCC(=O)NC3=O)cnc2c1. The molecular formula is C15H18N4O2. The molecule has 0 aliphatic carbocycles. The van der Waals surface area contributed by atoms with Crippen molar-refractivity contribution in [2.75, 3.05) is 11.4 Å². The summed E-state index contributed by atoms with van der Waals surface area (Å²) >= 11 is 0. The molecule has 0 radical (unpaired) electrons. The van der Waals surface area contributed by atoms with Crippen LogP contribution in [0.25, 0.3) is 5.65 Å². The molecule has 1 fully saturated rings. The summed E-state index contributed by atoms with van der Waals surface area (Å²) in [4.78, 5) is 29.1. The zero-order chi connectivity index (χ0) is 15.0. The van der Waals surface area contributed by atoms with E-state index in [9.17, 15) is 9.59 Å². The average Bonchev–Trinajstić information content (AvgIpc) is 2.89. The van der Waals surface area contributed by atoms with Crippen molar-refractivity contribution in [1.82, 2.24) is 14.7 Å². The summed E-state index contributed by atoms with van der Waals surface area (Å²) < 4.78 is 1.88. The van der Waals surface area contributed by atoms with E-state index in [1.165, 1.54) is 5.56 Å². The van der Waals surface area contributed by atoms with E-state index in [0.717, 1.165) is 12.1 Å². The number of aromatic nitrogens is 2. The first-order valence-corrected chi connectivity index (χ1v) is 7.18. The van der Waals surface area contributed by atoms with E-state index in [4.69, 9.17) is 0 Å². The van der Waals surface area contributed by atoms with Gasteiger partial charge in [0.2, 0.25) is 5.91 Å². The van der Waals surface area contributed by atoms with Gasteiger partial charge in [0, 0.05) is 19.2 Å². The lowest BCUT2D eigenvalue weighted by atomic mass is 10.0. The summed E-state index contributed by atoms with van der Waals surface area (Å²) in [5, 5.41) is 2.33. The van der Waals surface area contributed by atoms with Gasteiger partial charge in [-0.05, 0) is 30.0 Å². The minimum Gasteiger partial charge on any atom is -0.286 e. The molecule has 1 saturated heterocycles. The van der Waals surface area contributed by atoms with Gasteiger partial charge in [-0.1, -0.05) is 13.8 Å². The summed E-state index contributed by atoms with van der Waals surface area (Å²) in [7, 11) is 0. The normalized spacial score (nSPS) is 17.1. The number of carbonyl (C=O) groups is 2. The lowest BCUT2D eigenvalue weighted by molar-refractivity contribution is -0.120. The smallest absolute Gasteiger partial charge is 0.286 e. The maximum atomic E-state index is 11.9. The van der Waals surface area contributed by atoms with Crippen LogP contribution in [-0.4, -0.2) is 27.9 Å². The Kier molecular flexibility index (Phi) is 3.37. The van der Waals surface area contributed by atoms with Crippen LogP contribution in [0.2, 0.25) is 0 Å². The second kappa shape index (κ2) is 5.20. The lowest BCUT2D eigenvalue weighted by Crippen LogP contribution is -2.50. The minimum atomic E-state index is -0.390. The van der Waals surface area contributed by atoms with Gasteiger partial charge >= 0.3 is 6.03 Å². The molecule has 6 nitrogen and oxygen atoms in total. The van der Waals surface area contributed by atoms with Gasteiger partial charge < -0.3 is 0 Å². The fourth-order valence-corrected chi connectivity index (χ4v) is 2.51. The number of rotatable bonds is 3. The van der Waals surface area contributed by atoms with Crippen LogP contribution in [0.4, 0.5) is 10.6 Å². The molecular weight excluding hydrogens is 268 g/mol. The molecule has 1 aliphatic heterocycles. The number of imidazole rings is 1. The Bertz CT molecular complexity index is 707. The number of carbonyl (C=O) groups excluding carboxylic acids is 2. The summed E-state index contributed by atoms with van der Waals surface area (Å²) in [5.74, 6) is 0.931. The Morgan fingerprint density at radius 3 is 2.95 bits per heavy atom. The molecule has 2 aromatic heterocycles. The van der Waals surface area contributed by atoms with Crippen LogP contribution >= 0.6 is 0 Å². The molecule has 0 spiro atoms. The fourth-order valence-electron chi connectivity index (χ4n) is 2.51. The van der Waals surface area contributed by atoms with Gasteiger partial charge in [-0.2, -0.15) is 0 Å². The zero-order valence-corrected chi connectivity index (χ0v) is 12.2. The van der Waals surface area contributed by atoms with Gasteiger partial charge in [-0.3, -0.25) is 19.4 Å². The van der Waals surface area contributed by atoms with Crippen molar-refractivity contribution in [3.8, 4) is 0 Å². The third-order valence-corrected chi connectivity index (χ3v) is 4.03. The van der Waals surface area contributed by atoms with Crippen LogP contribution in [0.5, 0.6) is 0 Å². The monoisotopic (exact) mass is 286 g/mol. The van der Waals surface area contributed by atoms with Gasteiger partial charge in [0.25, 0.3) is 0 Å². The van der Waals surface area contributed by atoms with E-state index in [1.807, 2.05) is 16.7 Å². The van der Waals surface area contributed by atoms with Gasteiger partial charge in [-0.25, -0.2) is 9.78 Å². The van der Waals surface area contributed by atoms with E-state index in [1.54, 1.807) is 11.1 Å². The highest BCUT2D eigenvalue weighted by atomic mass is 16.2. The van der Waals surface area contributed by atoms with Gasteiger partial charge in [-0.15, -0.1) is 0 Å². The molecule has 2 aromatic rings. The molecule has 0 aromatic carbocycles. The third-order valence-electron chi connectivity index (χ3n) is 4.03. The van der Waals surface area contributed by atoms with E-state index >= 15 is 0 Å². The molecule has 1 unspecified atom stereocenters. The molecule has 1 N–H and O–H groups in total. The zero-order valence-electron chi connectivity index (χ0n) is 12.2. The number of pyridine rings is 1. The number of nitrogens with zero attached hydrogens (tertiary/aromatic N) is 3. The van der Waals surface area contributed by atoms with Gasteiger partial charge in [0.1, 0.15) is 11.5 Å². The fraction of sp³-hybridized carbons (Fsp3) is 0.400. The minimum absolute atomic E-state index is 0.232. The highest BCUT2D eigenvalue weighted by Gasteiger charge is 2.26. The molecule has 3 amide bonds. The summed E-state index contributed by atoms with van der Waals surface area (Å²) in [6.07, 6.45) is 4.98. The Morgan fingerprint density at radius 1 is 1.43 bits per heavy atom. The Balaban J connectivity index is 1.97. The Hall–Kier alpha value is -2.37. The Morgan fingerprint density at radius 2 is 2.24 bits per heavy atom. The number of imide groups is 1. The molecule has 1 atom stereocenters. The molecule has 21 heavy (non-hydrogen) atoms. The topological polar surface area (TPSA) is 66.7 Å². The maximum absolute atomic E-state index is 11.9. The summed E-state index contributed by atoms with van der Waals surface area (Å²) in [6.45, 7) is 4.71. The van der Waals surface area contributed by atoms with Crippen LogP contribution in [0.3, 0.4) is 0 Å². The second-order valence-corrected chi connectivity index (χ2v) is 5.37. The van der Waals surface area contributed by atoms with Crippen molar-refractivity contribution in [2.45, 2.75) is 32.6 Å². The van der Waals surface area contributed by atoms with Crippen molar-refractivity contribution in [3.05, 3.63) is 30.1 Å². The second-order valence-electron chi connectivity index (χ2n) is 5.37. The van der Waals surface area contributed by atoms with E-state index < -0.39 is 0 Å². The van der Waals surface area contributed by atoms with Crippen LogP contribution in [0.15, 0.2) is 24.5 Å². The number of urea groups is 1. The van der Waals surface area contributed by atoms with Crippen molar-refractivity contribution in [1.29, 1.82) is 0 Å². The Labute approximate surface area is 122 Å². The first-order valence-electron chi connectivity index (χ1n) is 7.18. The number of hydrogen-bond acceptors (Lipinski definition) is 3. The third kappa shape index (κ3) is 2.37. The standard InChI is InChI=1S/C15H18N4O2/c1-3-10(2)11-4-6-18-12(8-11)16-9-14(18)19-7-5-13(20)17-15(19)21/h4,6,8-10H,3,5,7H2,1-2H3,(H,17,20,21). The van der Waals surface area contributed by atoms with E-state index in [2.05, 4.69) is 30.2 Å². The van der Waals surface area contributed by atoms with Crippen LogP contribution in [-0.2, 0) is 4.79 Å². The maximum Gasteiger partial charge on any atom is 0.329 e. The highest BCUT2D eigenvalue weighted by Crippen LogP contribution is 2.24. The number of nitrogens with one attached hydrogen (secondary N) is 1. The van der Waals surface area contributed by atoms with Crippen molar-refractivity contribution in [3.63, 3.8) is 0 Å². The van der Waals surface area contributed by atoms with Crippen molar-refractivity contribution < 1.29 is 9.59 Å². The highest BCUT2D eigenvalue weighted by molar-refractivity contribution is 6.05. The van der Waals surface area contributed by atoms with Crippen LogP contribution in [0.1, 0.15) is 38.2 Å². The molecule has 0 saturated carbocycles. The van der Waals surface area contributed by atoms with Gasteiger partial charge in [0.15, 0.2) is 0 Å². The van der Waals surface area contributed by atoms with E-state index in [0.29, 0.717) is 24.7 Å². The number of anilines is 1. The molecule has 3 heterocycles. The van der Waals surface area contributed by atoms with Gasteiger partial charge in [0.05, 0.1) is 6.20 Å². The first-order chi connectivity index (χ1) is 10.1. The molecule has 0 bridgehead atoms. The van der Waals surface area contributed by atoms with Crippen molar-refractivity contribution in [2.24, 2.45) is 0 Å². The lowest BCUT2D eigenvalue weighted by Gasteiger charge is -2.25. The summed E-state index contributed by atoms with van der Waals surface area (Å²) in [6, 6.07) is 3.71. The molecule has 6 heteroatoms. The first kappa shape index (κ1) is 13.6.